The predicted molar refractivity (Wildman–Crippen MR) is 131 cm³/mol. The molecule has 0 bridgehead atoms. The molecule has 0 radical (unpaired) electrons. The normalized spacial score (nSPS) is 10.5. The van der Waals surface area contributed by atoms with E-state index in [9.17, 15) is 4.79 Å². The van der Waals surface area contributed by atoms with Gasteiger partial charge in [-0.3, -0.25) is 0 Å². The minimum absolute atomic E-state index is 0.385. The van der Waals surface area contributed by atoms with Crippen LogP contribution < -0.4 is 10.6 Å². The Morgan fingerprint density at radius 1 is 1.07 bits per heavy atom. The molecule has 2 N–H and O–H groups in total. The number of methoxy groups -OCH3 is 1. The summed E-state index contributed by atoms with van der Waals surface area (Å²) in [5, 5.41) is 7.50. The zero-order valence-electron chi connectivity index (χ0n) is 17.5. The molecule has 0 atom stereocenters. The van der Waals surface area contributed by atoms with Gasteiger partial charge >= 0.3 is 5.97 Å². The minimum atomic E-state index is -0.385. The molecule has 30 heavy (non-hydrogen) atoms. The van der Waals surface area contributed by atoms with Crippen molar-refractivity contribution in [2.45, 2.75) is 33.1 Å². The molecule has 0 fully saturated rings. The summed E-state index contributed by atoms with van der Waals surface area (Å²) < 4.78 is 5.06. The Hall–Kier alpha value is -2.70. The van der Waals surface area contributed by atoms with Gasteiger partial charge in [0.2, 0.25) is 0 Å². The van der Waals surface area contributed by atoms with Crippen LogP contribution in [0.4, 0.5) is 10.7 Å². The SMILES string of the molecule is CCCCc1ccc(NC(=S)Nc2sc(C)c(-c3ccccc3)c2C(=O)OC)cc1. The predicted octanol–water partition coefficient (Wildman–Crippen LogP) is 6.66. The van der Waals surface area contributed by atoms with Crippen molar-refractivity contribution in [3.05, 3.63) is 70.6 Å². The van der Waals surface area contributed by atoms with Crippen molar-refractivity contribution >= 4 is 45.3 Å². The number of carbonyl (C=O) groups is 1. The molecule has 1 aromatic heterocycles. The van der Waals surface area contributed by atoms with Crippen LogP contribution in [0, 0.1) is 6.92 Å². The number of hydrogen-bond donors (Lipinski definition) is 2. The molecule has 4 nitrogen and oxygen atoms in total. The number of carbonyl (C=O) groups excluding carboxylic acids is 1. The van der Waals surface area contributed by atoms with E-state index in [0.29, 0.717) is 15.7 Å². The van der Waals surface area contributed by atoms with Crippen molar-refractivity contribution in [1.82, 2.24) is 0 Å². The van der Waals surface area contributed by atoms with E-state index in [0.717, 1.165) is 28.1 Å². The summed E-state index contributed by atoms with van der Waals surface area (Å²) in [6, 6.07) is 18.1. The zero-order chi connectivity index (χ0) is 21.5. The monoisotopic (exact) mass is 438 g/mol. The number of esters is 1. The highest BCUT2D eigenvalue weighted by Crippen LogP contribution is 2.40. The lowest BCUT2D eigenvalue weighted by Gasteiger charge is -2.12. The summed E-state index contributed by atoms with van der Waals surface area (Å²) in [6.45, 7) is 4.19. The number of thiophene rings is 1. The molecule has 2 aromatic carbocycles. The number of thiocarbonyl (C=S) groups is 1. The highest BCUT2D eigenvalue weighted by molar-refractivity contribution is 7.80. The fraction of sp³-hybridized carbons (Fsp3) is 0.250. The molecule has 0 aliphatic rings. The van der Waals surface area contributed by atoms with E-state index in [4.69, 9.17) is 17.0 Å². The van der Waals surface area contributed by atoms with Crippen molar-refractivity contribution in [1.29, 1.82) is 0 Å². The van der Waals surface area contributed by atoms with Gasteiger partial charge in [-0.1, -0.05) is 55.8 Å². The van der Waals surface area contributed by atoms with Gasteiger partial charge in [0.1, 0.15) is 10.6 Å². The Morgan fingerprint density at radius 3 is 2.40 bits per heavy atom. The van der Waals surface area contributed by atoms with Crippen LogP contribution in [-0.2, 0) is 11.2 Å². The Bertz CT molecular complexity index is 1010. The molecule has 156 valence electrons. The average Bonchev–Trinajstić information content (AvgIpc) is 3.08. The van der Waals surface area contributed by atoms with Crippen molar-refractivity contribution in [2.75, 3.05) is 17.7 Å². The summed E-state index contributed by atoms with van der Waals surface area (Å²) in [7, 11) is 1.39. The second-order valence-electron chi connectivity index (χ2n) is 6.97. The first-order valence-electron chi connectivity index (χ1n) is 9.97. The maximum Gasteiger partial charge on any atom is 0.341 e. The van der Waals surface area contributed by atoms with E-state index >= 15 is 0 Å². The first-order valence-corrected chi connectivity index (χ1v) is 11.2. The van der Waals surface area contributed by atoms with Crippen LogP contribution in [0.2, 0.25) is 0 Å². The van der Waals surface area contributed by atoms with Gasteiger partial charge in [-0.2, -0.15) is 0 Å². The van der Waals surface area contributed by atoms with Crippen molar-refractivity contribution < 1.29 is 9.53 Å². The van der Waals surface area contributed by atoms with Crippen molar-refractivity contribution in [2.24, 2.45) is 0 Å². The average molecular weight is 439 g/mol. The van der Waals surface area contributed by atoms with E-state index in [1.807, 2.05) is 49.4 Å². The third kappa shape index (κ3) is 5.26. The lowest BCUT2D eigenvalue weighted by atomic mass is 10.0. The van der Waals surface area contributed by atoms with Gasteiger partial charge in [-0.25, -0.2) is 4.79 Å². The number of unbranched alkanes of at least 4 members (excludes halogenated alkanes) is 1. The van der Waals surface area contributed by atoms with E-state index in [1.165, 1.54) is 36.9 Å². The minimum Gasteiger partial charge on any atom is -0.465 e. The first kappa shape index (κ1) is 22.0. The lowest BCUT2D eigenvalue weighted by Crippen LogP contribution is -2.20. The molecule has 0 saturated heterocycles. The quantitative estimate of drug-likeness (QED) is 0.319. The Kier molecular flexibility index (Phi) is 7.60. The molecule has 6 heteroatoms. The van der Waals surface area contributed by atoms with Gasteiger partial charge in [0.05, 0.1) is 7.11 Å². The number of nitrogens with one attached hydrogen (secondary N) is 2. The second kappa shape index (κ2) is 10.4. The second-order valence-corrected chi connectivity index (χ2v) is 8.61. The molecule has 0 unspecified atom stereocenters. The molecule has 0 spiro atoms. The van der Waals surface area contributed by atoms with Gasteiger partial charge in [0, 0.05) is 16.1 Å². The molecule has 0 saturated carbocycles. The summed E-state index contributed by atoms with van der Waals surface area (Å²) in [4.78, 5) is 13.6. The summed E-state index contributed by atoms with van der Waals surface area (Å²) in [6.07, 6.45) is 3.45. The molecule has 1 heterocycles. The number of benzene rings is 2. The van der Waals surface area contributed by atoms with Crippen LogP contribution in [0.25, 0.3) is 11.1 Å². The van der Waals surface area contributed by atoms with Crippen LogP contribution in [0.5, 0.6) is 0 Å². The molecule has 0 aliphatic heterocycles. The van der Waals surface area contributed by atoms with Crippen LogP contribution >= 0.6 is 23.6 Å². The van der Waals surface area contributed by atoms with Crippen LogP contribution in [0.15, 0.2) is 54.6 Å². The highest BCUT2D eigenvalue weighted by atomic mass is 32.1. The van der Waals surface area contributed by atoms with E-state index in [-0.39, 0.29) is 5.97 Å². The maximum atomic E-state index is 12.6. The van der Waals surface area contributed by atoms with Gasteiger partial charge in [0.25, 0.3) is 0 Å². The third-order valence-electron chi connectivity index (χ3n) is 4.79. The molecular formula is C24H26N2O2S2. The van der Waals surface area contributed by atoms with E-state index < -0.39 is 0 Å². The maximum absolute atomic E-state index is 12.6. The number of anilines is 2. The Balaban J connectivity index is 1.80. The Labute approximate surface area is 187 Å². The number of ether oxygens (including phenoxy) is 1. The van der Waals surface area contributed by atoms with Crippen molar-refractivity contribution in [3.63, 3.8) is 0 Å². The largest absolute Gasteiger partial charge is 0.465 e. The molecule has 3 aromatic rings. The fourth-order valence-corrected chi connectivity index (χ4v) is 4.64. The topological polar surface area (TPSA) is 50.4 Å². The van der Waals surface area contributed by atoms with Crippen LogP contribution in [0.3, 0.4) is 0 Å². The number of aryl methyl sites for hydroxylation is 2. The molecule has 0 amide bonds. The van der Waals surface area contributed by atoms with Crippen LogP contribution in [0.1, 0.15) is 40.6 Å². The number of rotatable bonds is 7. The number of hydrogen-bond acceptors (Lipinski definition) is 4. The smallest absolute Gasteiger partial charge is 0.341 e. The summed E-state index contributed by atoms with van der Waals surface area (Å²) in [5.41, 5.74) is 4.57. The summed E-state index contributed by atoms with van der Waals surface area (Å²) >= 11 is 7.00. The van der Waals surface area contributed by atoms with E-state index in [1.54, 1.807) is 0 Å². The van der Waals surface area contributed by atoms with Gasteiger partial charge in [0.15, 0.2) is 5.11 Å². The third-order valence-corrected chi connectivity index (χ3v) is 6.02. The first-order chi connectivity index (χ1) is 14.5. The highest BCUT2D eigenvalue weighted by Gasteiger charge is 2.24. The summed E-state index contributed by atoms with van der Waals surface area (Å²) in [5.74, 6) is -0.385. The van der Waals surface area contributed by atoms with Gasteiger partial charge < -0.3 is 15.4 Å². The van der Waals surface area contributed by atoms with Crippen molar-refractivity contribution in [3.8, 4) is 11.1 Å². The fourth-order valence-electron chi connectivity index (χ4n) is 3.28. The molecule has 3 rings (SSSR count). The lowest BCUT2D eigenvalue weighted by molar-refractivity contribution is 0.0603. The molecular weight excluding hydrogens is 412 g/mol. The van der Waals surface area contributed by atoms with E-state index in [2.05, 4.69) is 29.7 Å². The molecule has 0 aliphatic carbocycles. The Morgan fingerprint density at radius 2 is 1.77 bits per heavy atom. The van der Waals surface area contributed by atoms with Gasteiger partial charge in [-0.05, 0) is 55.2 Å². The van der Waals surface area contributed by atoms with Gasteiger partial charge in [-0.15, -0.1) is 11.3 Å². The standard InChI is InChI=1S/C24H26N2O2S2/c1-4-5-9-17-12-14-19(15-13-17)25-24(29)26-22-21(23(27)28-3)20(16(2)30-22)18-10-7-6-8-11-18/h6-8,10-15H,4-5,9H2,1-3H3,(H2,25,26,29). The zero-order valence-corrected chi connectivity index (χ0v) is 19.1. The van der Waals surface area contributed by atoms with Crippen LogP contribution in [-0.4, -0.2) is 18.2 Å².